The molecule has 18 heavy (non-hydrogen) atoms. The molecule has 7 nitrogen and oxygen atoms in total. The fraction of sp³-hybridized carbons (Fsp3) is 0.0909. The van der Waals surface area contributed by atoms with Gasteiger partial charge in [-0.3, -0.25) is 10.1 Å². The number of nitro groups is 1. The lowest BCUT2D eigenvalue weighted by Gasteiger charge is -2.03. The summed E-state index contributed by atoms with van der Waals surface area (Å²) in [4.78, 5) is 25.3. The molecule has 0 fully saturated rings. The molecule has 0 unspecified atom stereocenters. The highest BCUT2D eigenvalue weighted by Crippen LogP contribution is 2.27. The minimum atomic E-state index is -0.723. The van der Waals surface area contributed by atoms with Crippen LogP contribution in [0.25, 0.3) is 10.9 Å². The molecule has 0 radical (unpaired) electrons. The molecule has 0 spiro atoms. The van der Waals surface area contributed by atoms with Gasteiger partial charge in [0.05, 0.1) is 17.5 Å². The number of fused-ring (bicyclic) bond motifs is 1. The number of pyridine rings is 1. The van der Waals surface area contributed by atoms with Gasteiger partial charge in [-0.2, -0.15) is 0 Å². The fourth-order valence-electron chi connectivity index (χ4n) is 1.52. The Bertz CT molecular complexity index is 653. The van der Waals surface area contributed by atoms with E-state index < -0.39 is 10.9 Å². The number of benzene rings is 1. The first-order chi connectivity index (χ1) is 8.52. The summed E-state index contributed by atoms with van der Waals surface area (Å²) in [6.07, 6.45) is 0. The van der Waals surface area contributed by atoms with Crippen LogP contribution in [0.3, 0.4) is 0 Å². The predicted octanol–water partition coefficient (Wildman–Crippen LogP) is 1.64. The van der Waals surface area contributed by atoms with E-state index in [-0.39, 0.29) is 22.6 Å². The van der Waals surface area contributed by atoms with Crippen molar-refractivity contribution >= 4 is 22.6 Å². The Balaban J connectivity index is 2.68. The molecule has 1 aromatic carbocycles. The topological polar surface area (TPSA) is 103 Å². The number of aromatic nitrogens is 1. The largest absolute Gasteiger partial charge is 0.507 e. The maximum Gasteiger partial charge on any atom is 0.356 e. The molecular formula is C11H8N2O5. The number of ether oxygens (including phenoxy) is 1. The summed E-state index contributed by atoms with van der Waals surface area (Å²) >= 11 is 0. The first kappa shape index (κ1) is 11.8. The van der Waals surface area contributed by atoms with E-state index in [9.17, 15) is 20.0 Å². The summed E-state index contributed by atoms with van der Waals surface area (Å²) in [6.45, 7) is 0. The predicted molar refractivity (Wildman–Crippen MR) is 61.4 cm³/mol. The maximum absolute atomic E-state index is 11.3. The van der Waals surface area contributed by atoms with E-state index in [0.29, 0.717) is 5.39 Å². The highest BCUT2D eigenvalue weighted by Gasteiger charge is 2.14. The van der Waals surface area contributed by atoms with Crippen molar-refractivity contribution in [2.75, 3.05) is 7.11 Å². The molecule has 92 valence electrons. The first-order valence-corrected chi connectivity index (χ1v) is 4.89. The van der Waals surface area contributed by atoms with Crippen molar-refractivity contribution in [3.63, 3.8) is 0 Å². The highest BCUT2D eigenvalue weighted by atomic mass is 16.6. The van der Waals surface area contributed by atoms with Crippen molar-refractivity contribution in [2.24, 2.45) is 0 Å². The number of esters is 1. The van der Waals surface area contributed by atoms with Crippen LogP contribution in [0.1, 0.15) is 10.5 Å². The number of non-ortho nitro benzene ring substituents is 1. The van der Waals surface area contributed by atoms with E-state index in [4.69, 9.17) is 0 Å². The lowest BCUT2D eigenvalue weighted by atomic mass is 10.1. The Kier molecular flexibility index (Phi) is 2.80. The van der Waals surface area contributed by atoms with E-state index in [1.54, 1.807) is 0 Å². The number of carbonyl (C=O) groups is 1. The Morgan fingerprint density at radius 1 is 1.44 bits per heavy atom. The number of methoxy groups -OCH3 is 1. The van der Waals surface area contributed by atoms with E-state index in [2.05, 4.69) is 9.72 Å². The van der Waals surface area contributed by atoms with E-state index in [0.717, 1.165) is 6.07 Å². The number of carbonyl (C=O) groups excluding carboxylic acids is 1. The van der Waals surface area contributed by atoms with Crippen LogP contribution in [-0.4, -0.2) is 28.1 Å². The molecule has 1 N–H and O–H groups in total. The van der Waals surface area contributed by atoms with Crippen molar-refractivity contribution in [1.82, 2.24) is 4.98 Å². The second-order valence-electron chi connectivity index (χ2n) is 3.48. The van der Waals surface area contributed by atoms with Crippen molar-refractivity contribution in [1.29, 1.82) is 0 Å². The first-order valence-electron chi connectivity index (χ1n) is 4.89. The molecule has 2 rings (SSSR count). The molecular weight excluding hydrogens is 240 g/mol. The van der Waals surface area contributed by atoms with Crippen LogP contribution in [0.5, 0.6) is 5.75 Å². The molecule has 0 saturated heterocycles. The highest BCUT2D eigenvalue weighted by molar-refractivity contribution is 5.94. The minimum Gasteiger partial charge on any atom is -0.507 e. The van der Waals surface area contributed by atoms with Crippen molar-refractivity contribution in [3.05, 3.63) is 40.1 Å². The zero-order valence-corrected chi connectivity index (χ0v) is 9.28. The molecule has 7 heteroatoms. The normalized spacial score (nSPS) is 10.3. The molecule has 0 bridgehead atoms. The molecule has 1 heterocycles. The van der Waals surface area contributed by atoms with E-state index in [1.165, 1.54) is 25.3 Å². The standard InChI is InChI=1S/C11H8N2O5/c1-18-11(15)9-5-10(14)7-3-2-6(13(16)17)4-8(7)12-9/h2-5H,1H3,(H,12,14). The van der Waals surface area contributed by atoms with E-state index >= 15 is 0 Å². The molecule has 2 aromatic rings. The van der Waals surface area contributed by atoms with Gasteiger partial charge in [0.1, 0.15) is 5.75 Å². The average molecular weight is 248 g/mol. The summed E-state index contributed by atoms with van der Waals surface area (Å²) in [7, 11) is 1.18. The van der Waals surface area contributed by atoms with Gasteiger partial charge in [-0.1, -0.05) is 0 Å². The Labute approximate surface area is 101 Å². The molecule has 0 atom stereocenters. The number of nitrogens with zero attached hydrogens (tertiary/aromatic N) is 2. The second-order valence-corrected chi connectivity index (χ2v) is 3.48. The molecule has 0 amide bonds. The fourth-order valence-corrected chi connectivity index (χ4v) is 1.52. The van der Waals surface area contributed by atoms with E-state index in [1.807, 2.05) is 0 Å². The van der Waals surface area contributed by atoms with Crippen LogP contribution in [0.4, 0.5) is 5.69 Å². The zero-order chi connectivity index (χ0) is 13.3. The van der Waals surface area contributed by atoms with Gasteiger partial charge in [0, 0.05) is 23.6 Å². The van der Waals surface area contributed by atoms with Crippen LogP contribution in [-0.2, 0) is 4.74 Å². The summed E-state index contributed by atoms with van der Waals surface area (Å²) < 4.78 is 4.47. The minimum absolute atomic E-state index is 0.108. The monoisotopic (exact) mass is 248 g/mol. The van der Waals surface area contributed by atoms with Gasteiger partial charge in [0.15, 0.2) is 5.69 Å². The summed E-state index contributed by atoms with van der Waals surface area (Å²) in [5.74, 6) is -0.908. The summed E-state index contributed by atoms with van der Waals surface area (Å²) in [5, 5.41) is 20.7. The Hall–Kier alpha value is -2.70. The zero-order valence-electron chi connectivity index (χ0n) is 9.28. The Morgan fingerprint density at radius 2 is 2.17 bits per heavy atom. The van der Waals surface area contributed by atoms with Crippen LogP contribution in [0.15, 0.2) is 24.3 Å². The van der Waals surface area contributed by atoms with Gasteiger partial charge in [-0.05, 0) is 6.07 Å². The molecule has 0 saturated carbocycles. The maximum atomic E-state index is 11.3. The van der Waals surface area contributed by atoms with Crippen LogP contribution < -0.4 is 0 Å². The number of aromatic hydroxyl groups is 1. The summed E-state index contributed by atoms with van der Waals surface area (Å²) in [5.41, 5.74) is -0.121. The van der Waals surface area contributed by atoms with Gasteiger partial charge in [0.2, 0.25) is 0 Å². The third-order valence-electron chi connectivity index (χ3n) is 2.38. The number of hydrogen-bond acceptors (Lipinski definition) is 6. The van der Waals surface area contributed by atoms with Crippen molar-refractivity contribution < 1.29 is 19.6 Å². The van der Waals surface area contributed by atoms with Gasteiger partial charge in [-0.25, -0.2) is 9.78 Å². The average Bonchev–Trinajstić information content (AvgIpc) is 2.36. The lowest BCUT2D eigenvalue weighted by Crippen LogP contribution is -2.04. The quantitative estimate of drug-likeness (QED) is 0.492. The number of hydrogen-bond donors (Lipinski definition) is 1. The molecule has 0 aliphatic rings. The van der Waals surface area contributed by atoms with Crippen LogP contribution in [0, 0.1) is 10.1 Å². The number of nitro benzene ring substituents is 1. The van der Waals surface area contributed by atoms with Crippen LogP contribution in [0.2, 0.25) is 0 Å². The number of rotatable bonds is 2. The van der Waals surface area contributed by atoms with Gasteiger partial charge < -0.3 is 9.84 Å². The molecule has 1 aromatic heterocycles. The summed E-state index contributed by atoms with van der Waals surface area (Å²) in [6, 6.07) is 4.96. The second kappa shape index (κ2) is 4.28. The third kappa shape index (κ3) is 1.93. The molecule has 0 aliphatic heterocycles. The third-order valence-corrected chi connectivity index (χ3v) is 2.38. The van der Waals surface area contributed by atoms with Gasteiger partial charge >= 0.3 is 5.97 Å². The van der Waals surface area contributed by atoms with Crippen molar-refractivity contribution in [2.45, 2.75) is 0 Å². The SMILES string of the molecule is COC(=O)c1cc(O)c2ccc([N+](=O)[O-])cc2n1. The molecule has 0 aliphatic carbocycles. The smallest absolute Gasteiger partial charge is 0.356 e. The van der Waals surface area contributed by atoms with Crippen LogP contribution >= 0.6 is 0 Å². The van der Waals surface area contributed by atoms with Crippen molar-refractivity contribution in [3.8, 4) is 5.75 Å². The van der Waals surface area contributed by atoms with Gasteiger partial charge in [-0.15, -0.1) is 0 Å². The Morgan fingerprint density at radius 3 is 2.78 bits per heavy atom. The lowest BCUT2D eigenvalue weighted by molar-refractivity contribution is -0.384. The van der Waals surface area contributed by atoms with Gasteiger partial charge in [0.25, 0.3) is 5.69 Å².